The number of hydrogen-bond acceptors (Lipinski definition) is 7. The Labute approximate surface area is 157 Å². The molecule has 0 aromatic heterocycles. The summed E-state index contributed by atoms with van der Waals surface area (Å²) >= 11 is 5.20. The fourth-order valence-electron chi connectivity index (χ4n) is 2.25. The van der Waals surface area contributed by atoms with Crippen LogP contribution < -0.4 is 10.6 Å². The predicted molar refractivity (Wildman–Crippen MR) is 96.0 cm³/mol. The molecular weight excluding hydrogens is 362 g/mol. The van der Waals surface area contributed by atoms with E-state index in [1.54, 1.807) is 6.92 Å². The molecule has 0 aromatic rings. The van der Waals surface area contributed by atoms with Gasteiger partial charge < -0.3 is 25.0 Å². The molecule has 0 radical (unpaired) electrons. The number of methoxy groups -OCH3 is 1. The van der Waals surface area contributed by atoms with Gasteiger partial charge in [-0.1, -0.05) is 6.92 Å². The highest BCUT2D eigenvalue weighted by Gasteiger charge is 2.34. The van der Waals surface area contributed by atoms with Crippen molar-refractivity contribution in [3.63, 3.8) is 0 Å². The molecule has 1 heterocycles. The Morgan fingerprint density at radius 3 is 2.65 bits per heavy atom. The minimum absolute atomic E-state index is 0.0380. The number of piperazine rings is 1. The molecule has 2 atom stereocenters. The first-order valence-electron chi connectivity index (χ1n) is 8.42. The Balaban J connectivity index is 2.66. The second-order valence-corrected chi connectivity index (χ2v) is 6.23. The summed E-state index contributed by atoms with van der Waals surface area (Å²) in [7, 11) is 1.24. The Kier molecular flexibility index (Phi) is 8.97. The molecule has 0 aromatic carbocycles. The van der Waals surface area contributed by atoms with Crippen LogP contribution in [0.25, 0.3) is 0 Å². The molecule has 1 fully saturated rings. The van der Waals surface area contributed by atoms with Gasteiger partial charge in [0.15, 0.2) is 5.11 Å². The van der Waals surface area contributed by atoms with E-state index in [2.05, 4.69) is 15.4 Å². The first kappa shape index (κ1) is 21.8. The van der Waals surface area contributed by atoms with Gasteiger partial charge in [0.1, 0.15) is 6.04 Å². The molecule has 1 rings (SSSR count). The summed E-state index contributed by atoms with van der Waals surface area (Å²) in [6.45, 7) is 4.34. The zero-order chi connectivity index (χ0) is 19.7. The van der Waals surface area contributed by atoms with Gasteiger partial charge in [-0.25, -0.2) is 0 Å². The first-order valence-corrected chi connectivity index (χ1v) is 8.83. The number of nitrogens with one attached hydrogen (secondary N) is 2. The highest BCUT2D eigenvalue weighted by molar-refractivity contribution is 7.80. The molecule has 9 nitrogen and oxygen atoms in total. The molecule has 2 N–H and O–H groups in total. The van der Waals surface area contributed by atoms with Gasteiger partial charge in [-0.15, -0.1) is 0 Å². The molecular formula is C16H25N3O6S. The molecule has 0 spiro atoms. The summed E-state index contributed by atoms with van der Waals surface area (Å²) in [4.78, 5) is 48.6. The van der Waals surface area contributed by atoms with Crippen LogP contribution in [0.3, 0.4) is 0 Å². The lowest BCUT2D eigenvalue weighted by Crippen LogP contribution is -2.60. The van der Waals surface area contributed by atoms with E-state index >= 15 is 0 Å². The van der Waals surface area contributed by atoms with E-state index in [1.165, 1.54) is 12.0 Å². The Morgan fingerprint density at radius 1 is 1.35 bits per heavy atom. The number of ether oxygens (including phenoxy) is 2. The lowest BCUT2D eigenvalue weighted by Gasteiger charge is -2.36. The highest BCUT2D eigenvalue weighted by atomic mass is 32.1. The third-order valence-corrected chi connectivity index (χ3v) is 4.23. The van der Waals surface area contributed by atoms with Crippen molar-refractivity contribution in [2.24, 2.45) is 0 Å². The average molecular weight is 387 g/mol. The molecule has 0 saturated carbocycles. The molecule has 1 aliphatic heterocycles. The summed E-state index contributed by atoms with van der Waals surface area (Å²) in [6, 6.07) is -0.853. The summed E-state index contributed by atoms with van der Waals surface area (Å²) in [5, 5.41) is 5.19. The molecule has 2 unspecified atom stereocenters. The number of amides is 2. The average Bonchev–Trinajstić information content (AvgIpc) is 2.60. The van der Waals surface area contributed by atoms with E-state index < -0.39 is 23.9 Å². The summed E-state index contributed by atoms with van der Waals surface area (Å²) in [5.74, 6) is -1.84. The topological polar surface area (TPSA) is 114 Å². The van der Waals surface area contributed by atoms with Gasteiger partial charge in [0.25, 0.3) is 0 Å². The quantitative estimate of drug-likeness (QED) is 0.459. The smallest absolute Gasteiger partial charge is 0.308 e. The normalized spacial score (nSPS) is 17.7. The number of esters is 2. The van der Waals surface area contributed by atoms with E-state index in [1.807, 2.05) is 6.92 Å². The molecule has 1 saturated heterocycles. The van der Waals surface area contributed by atoms with Crippen LogP contribution >= 0.6 is 12.2 Å². The zero-order valence-corrected chi connectivity index (χ0v) is 16.0. The number of hydrogen-bond donors (Lipinski definition) is 2. The van der Waals surface area contributed by atoms with Crippen LogP contribution in [0.4, 0.5) is 0 Å². The first-order chi connectivity index (χ1) is 12.3. The molecule has 1 aliphatic rings. The van der Waals surface area contributed by atoms with Crippen LogP contribution in [-0.2, 0) is 28.7 Å². The van der Waals surface area contributed by atoms with E-state index in [4.69, 9.17) is 17.0 Å². The van der Waals surface area contributed by atoms with Gasteiger partial charge in [-0.3, -0.25) is 19.2 Å². The zero-order valence-electron chi connectivity index (χ0n) is 15.2. The molecule has 10 heteroatoms. The fourth-order valence-corrected chi connectivity index (χ4v) is 2.58. The van der Waals surface area contributed by atoms with Crippen LogP contribution in [0.2, 0.25) is 0 Å². The predicted octanol–water partition coefficient (Wildman–Crippen LogP) is -0.127. The Hall–Kier alpha value is -2.23. The summed E-state index contributed by atoms with van der Waals surface area (Å²) in [6.07, 6.45) is 0.0893. The number of carbonyl (C=O) groups is 4. The van der Waals surface area contributed by atoms with Crippen LogP contribution in [0.5, 0.6) is 0 Å². The standard InChI is InChI=1S/C16H25N3O6S/c1-4-10(2)25-14(22)9-11-15(23)17-7-8-19(11)16(26)18-12(20)5-6-13(21)24-3/h10-11H,4-9H2,1-3H3,(H,17,23)(H,18,20,26). The van der Waals surface area contributed by atoms with Crippen molar-refractivity contribution < 1.29 is 28.7 Å². The summed E-state index contributed by atoms with van der Waals surface area (Å²) in [5.41, 5.74) is 0. The number of nitrogens with zero attached hydrogens (tertiary/aromatic N) is 1. The van der Waals surface area contributed by atoms with Gasteiger partial charge in [0.05, 0.1) is 26.1 Å². The number of carbonyl (C=O) groups excluding carboxylic acids is 4. The third-order valence-electron chi connectivity index (χ3n) is 3.89. The Bertz CT molecular complexity index is 568. The van der Waals surface area contributed by atoms with Gasteiger partial charge >= 0.3 is 11.9 Å². The lowest BCUT2D eigenvalue weighted by atomic mass is 10.1. The van der Waals surface area contributed by atoms with Crippen LogP contribution in [0, 0.1) is 0 Å². The molecule has 146 valence electrons. The Morgan fingerprint density at radius 2 is 2.04 bits per heavy atom. The minimum Gasteiger partial charge on any atom is -0.469 e. The van der Waals surface area contributed by atoms with E-state index in [-0.39, 0.29) is 36.4 Å². The molecule has 0 bridgehead atoms. The van der Waals surface area contributed by atoms with Gasteiger partial charge in [-0.05, 0) is 25.6 Å². The fraction of sp³-hybridized carbons (Fsp3) is 0.688. The van der Waals surface area contributed by atoms with Gasteiger partial charge in [0, 0.05) is 19.5 Å². The SMILES string of the molecule is CCC(C)OC(=O)CC1C(=O)NCCN1C(=S)NC(=O)CCC(=O)OC. The second kappa shape index (κ2) is 10.7. The maximum absolute atomic E-state index is 12.1. The van der Waals surface area contributed by atoms with Crippen LogP contribution in [0.1, 0.15) is 39.5 Å². The largest absolute Gasteiger partial charge is 0.469 e. The monoisotopic (exact) mass is 387 g/mol. The second-order valence-electron chi connectivity index (χ2n) is 5.84. The highest BCUT2D eigenvalue weighted by Crippen LogP contribution is 2.12. The van der Waals surface area contributed by atoms with Gasteiger partial charge in [-0.2, -0.15) is 0 Å². The molecule has 2 amide bonds. The van der Waals surface area contributed by atoms with Crippen molar-refractivity contribution in [3.8, 4) is 0 Å². The van der Waals surface area contributed by atoms with Crippen molar-refractivity contribution >= 4 is 41.1 Å². The van der Waals surface area contributed by atoms with Crippen molar-refractivity contribution in [3.05, 3.63) is 0 Å². The van der Waals surface area contributed by atoms with E-state index in [9.17, 15) is 19.2 Å². The van der Waals surface area contributed by atoms with Crippen molar-refractivity contribution in [1.82, 2.24) is 15.5 Å². The number of thiocarbonyl (C=S) groups is 1. The van der Waals surface area contributed by atoms with Crippen molar-refractivity contribution in [2.45, 2.75) is 51.7 Å². The third kappa shape index (κ3) is 6.95. The van der Waals surface area contributed by atoms with Crippen LogP contribution in [0.15, 0.2) is 0 Å². The van der Waals surface area contributed by atoms with Crippen LogP contribution in [-0.4, -0.2) is 66.1 Å². The van der Waals surface area contributed by atoms with E-state index in [0.717, 1.165) is 0 Å². The maximum Gasteiger partial charge on any atom is 0.308 e. The van der Waals surface area contributed by atoms with Gasteiger partial charge in [0.2, 0.25) is 11.8 Å². The molecule has 0 aliphatic carbocycles. The molecule has 26 heavy (non-hydrogen) atoms. The summed E-state index contributed by atoms with van der Waals surface area (Å²) < 4.78 is 9.68. The van der Waals surface area contributed by atoms with Crippen molar-refractivity contribution in [1.29, 1.82) is 0 Å². The maximum atomic E-state index is 12.1. The minimum atomic E-state index is -0.853. The van der Waals surface area contributed by atoms with Crippen molar-refractivity contribution in [2.75, 3.05) is 20.2 Å². The lowest BCUT2D eigenvalue weighted by molar-refractivity contribution is -0.151. The number of rotatable bonds is 7. The van der Waals surface area contributed by atoms with E-state index in [0.29, 0.717) is 19.5 Å².